The van der Waals surface area contributed by atoms with E-state index >= 15 is 0 Å². The number of hydrogen-bond donors (Lipinski definition) is 2. The van der Waals surface area contributed by atoms with Crippen LogP contribution in [0.25, 0.3) is 0 Å². The highest BCUT2D eigenvalue weighted by Gasteiger charge is 2.19. The second-order valence-electron chi connectivity index (χ2n) is 5.17. The van der Waals surface area contributed by atoms with Gasteiger partial charge in [-0.15, -0.1) is 0 Å². The Hall–Kier alpha value is -0.890. The highest BCUT2D eigenvalue weighted by Crippen LogP contribution is 2.22. The Morgan fingerprint density at radius 3 is 2.59 bits per heavy atom. The molecular weight excluding hydrogens is 349 g/mol. The molecule has 1 aliphatic carbocycles. The van der Waals surface area contributed by atoms with Gasteiger partial charge in [0.15, 0.2) is 0 Å². The molecule has 6 nitrogen and oxygen atoms in total. The van der Waals surface area contributed by atoms with Gasteiger partial charge < -0.3 is 5.32 Å². The van der Waals surface area contributed by atoms with Crippen LogP contribution in [0.2, 0.25) is 10.2 Å². The van der Waals surface area contributed by atoms with Gasteiger partial charge in [0.25, 0.3) is 0 Å². The van der Waals surface area contributed by atoms with Gasteiger partial charge in [0.1, 0.15) is 10.0 Å². The molecule has 1 saturated carbocycles. The van der Waals surface area contributed by atoms with E-state index < -0.39 is 10.0 Å². The minimum absolute atomic E-state index is 0.0238. The highest BCUT2D eigenvalue weighted by molar-refractivity contribution is 7.89. The SMILES string of the molecule is O=C(CNS(=O)(=O)c1cnc(Cl)c(Cl)c1)NC1CCCCC1. The Morgan fingerprint density at radius 1 is 1.27 bits per heavy atom. The van der Waals surface area contributed by atoms with E-state index in [-0.39, 0.29) is 33.6 Å². The van der Waals surface area contributed by atoms with Crippen molar-refractivity contribution in [1.29, 1.82) is 0 Å². The van der Waals surface area contributed by atoms with Gasteiger partial charge in [-0.1, -0.05) is 42.5 Å². The molecule has 9 heteroatoms. The average molecular weight is 366 g/mol. The van der Waals surface area contributed by atoms with E-state index in [0.717, 1.165) is 31.9 Å². The van der Waals surface area contributed by atoms with Crippen LogP contribution in [0.3, 0.4) is 0 Å². The molecular formula is C13H17Cl2N3O3S. The zero-order chi connectivity index (χ0) is 16.2. The van der Waals surface area contributed by atoms with Crippen molar-refractivity contribution in [3.05, 3.63) is 22.4 Å². The number of nitrogens with one attached hydrogen (secondary N) is 2. The number of sulfonamides is 1. The van der Waals surface area contributed by atoms with Gasteiger partial charge in [-0.2, -0.15) is 0 Å². The highest BCUT2D eigenvalue weighted by atomic mass is 35.5. The molecule has 1 aromatic heterocycles. The number of aromatic nitrogens is 1. The van der Waals surface area contributed by atoms with Crippen molar-refractivity contribution in [3.8, 4) is 0 Å². The fraction of sp³-hybridized carbons (Fsp3) is 0.538. The number of halogens is 2. The van der Waals surface area contributed by atoms with Gasteiger partial charge in [0.05, 0.1) is 11.6 Å². The van der Waals surface area contributed by atoms with E-state index in [0.29, 0.717) is 0 Å². The minimum atomic E-state index is -3.85. The van der Waals surface area contributed by atoms with E-state index in [9.17, 15) is 13.2 Å². The molecule has 2 N–H and O–H groups in total. The maximum absolute atomic E-state index is 12.1. The van der Waals surface area contributed by atoms with E-state index in [1.54, 1.807) is 0 Å². The lowest BCUT2D eigenvalue weighted by molar-refractivity contribution is -0.120. The van der Waals surface area contributed by atoms with Gasteiger partial charge >= 0.3 is 0 Å². The van der Waals surface area contributed by atoms with Crippen LogP contribution in [-0.2, 0) is 14.8 Å². The Morgan fingerprint density at radius 2 is 1.95 bits per heavy atom. The van der Waals surface area contributed by atoms with Crippen molar-refractivity contribution in [3.63, 3.8) is 0 Å². The normalized spacial score (nSPS) is 16.5. The third-order valence-corrected chi connectivity index (χ3v) is 5.53. The molecule has 122 valence electrons. The van der Waals surface area contributed by atoms with E-state index in [1.165, 1.54) is 12.5 Å². The van der Waals surface area contributed by atoms with E-state index in [4.69, 9.17) is 23.2 Å². The quantitative estimate of drug-likeness (QED) is 0.782. The molecule has 1 amide bonds. The molecule has 0 spiro atoms. The van der Waals surface area contributed by atoms with Crippen molar-refractivity contribution in [2.24, 2.45) is 0 Å². The van der Waals surface area contributed by atoms with Crippen LogP contribution < -0.4 is 10.0 Å². The van der Waals surface area contributed by atoms with Crippen molar-refractivity contribution < 1.29 is 13.2 Å². The zero-order valence-corrected chi connectivity index (χ0v) is 14.1. The van der Waals surface area contributed by atoms with Gasteiger partial charge in [-0.25, -0.2) is 18.1 Å². The monoisotopic (exact) mass is 365 g/mol. The van der Waals surface area contributed by atoms with Crippen LogP contribution in [0.5, 0.6) is 0 Å². The third kappa shape index (κ3) is 4.81. The summed E-state index contributed by atoms with van der Waals surface area (Å²) in [5.41, 5.74) is 0. The van der Waals surface area contributed by atoms with Crippen molar-refractivity contribution in [2.45, 2.75) is 43.0 Å². The van der Waals surface area contributed by atoms with E-state index in [1.807, 2.05) is 0 Å². The van der Waals surface area contributed by atoms with Crippen molar-refractivity contribution in [1.82, 2.24) is 15.0 Å². The molecule has 0 aromatic carbocycles. The maximum Gasteiger partial charge on any atom is 0.242 e. The summed E-state index contributed by atoms with van der Waals surface area (Å²) in [5.74, 6) is -0.344. The summed E-state index contributed by atoms with van der Waals surface area (Å²) >= 11 is 11.4. The van der Waals surface area contributed by atoms with Gasteiger partial charge in [0.2, 0.25) is 15.9 Å². The van der Waals surface area contributed by atoms with Gasteiger partial charge in [0, 0.05) is 12.2 Å². The summed E-state index contributed by atoms with van der Waals surface area (Å²) in [7, 11) is -3.85. The predicted octanol–water partition coefficient (Wildman–Crippen LogP) is 2.12. The fourth-order valence-corrected chi connectivity index (χ4v) is 3.61. The molecule has 1 aromatic rings. The fourth-order valence-electron chi connectivity index (χ4n) is 2.32. The summed E-state index contributed by atoms with van der Waals surface area (Å²) in [4.78, 5) is 15.4. The first-order valence-corrected chi connectivity index (χ1v) is 9.22. The van der Waals surface area contributed by atoms with Crippen LogP contribution >= 0.6 is 23.2 Å². The number of amides is 1. The Bertz CT molecular complexity index is 646. The number of hydrogen-bond acceptors (Lipinski definition) is 4. The number of carbonyl (C=O) groups is 1. The molecule has 2 rings (SSSR count). The van der Waals surface area contributed by atoms with Crippen LogP contribution in [0.1, 0.15) is 32.1 Å². The summed E-state index contributed by atoms with van der Waals surface area (Å²) in [6, 6.07) is 1.33. The number of carbonyl (C=O) groups excluding carboxylic acids is 1. The molecule has 22 heavy (non-hydrogen) atoms. The number of rotatable bonds is 5. The van der Waals surface area contributed by atoms with Crippen molar-refractivity contribution >= 4 is 39.1 Å². The first kappa shape index (κ1) is 17.5. The Balaban J connectivity index is 1.91. The number of nitrogens with zero attached hydrogens (tertiary/aromatic N) is 1. The Kier molecular flexibility index (Phi) is 6.02. The van der Waals surface area contributed by atoms with Gasteiger partial charge in [-0.05, 0) is 18.9 Å². The predicted molar refractivity (Wildman–Crippen MR) is 84.5 cm³/mol. The molecule has 1 fully saturated rings. The average Bonchev–Trinajstić information content (AvgIpc) is 2.49. The molecule has 1 heterocycles. The van der Waals surface area contributed by atoms with Crippen LogP contribution in [0.15, 0.2) is 17.2 Å². The van der Waals surface area contributed by atoms with Gasteiger partial charge in [-0.3, -0.25) is 4.79 Å². The second kappa shape index (κ2) is 7.59. The Labute approximate surface area is 139 Å². The van der Waals surface area contributed by atoms with Crippen LogP contribution in [0.4, 0.5) is 0 Å². The number of pyridine rings is 1. The summed E-state index contributed by atoms with van der Waals surface area (Å²) in [6.07, 6.45) is 6.33. The first-order valence-electron chi connectivity index (χ1n) is 6.98. The lowest BCUT2D eigenvalue weighted by atomic mass is 9.95. The first-order chi connectivity index (χ1) is 10.4. The molecule has 0 unspecified atom stereocenters. The zero-order valence-electron chi connectivity index (χ0n) is 11.8. The topological polar surface area (TPSA) is 88.2 Å². The van der Waals surface area contributed by atoms with Crippen LogP contribution in [-0.4, -0.2) is 31.9 Å². The molecule has 0 bridgehead atoms. The largest absolute Gasteiger partial charge is 0.352 e. The van der Waals surface area contributed by atoms with Crippen LogP contribution in [0, 0.1) is 0 Å². The summed E-state index contributed by atoms with van der Waals surface area (Å²) in [6.45, 7) is -0.320. The third-order valence-electron chi connectivity index (χ3n) is 3.47. The molecule has 0 aliphatic heterocycles. The standard InChI is InChI=1S/C13H17Cl2N3O3S/c14-11-6-10(7-16-13(11)15)22(20,21)17-8-12(19)18-9-4-2-1-3-5-9/h6-7,9,17H,1-5,8H2,(H,18,19). The lowest BCUT2D eigenvalue weighted by Gasteiger charge is -2.22. The summed E-state index contributed by atoms with van der Waals surface area (Å²) < 4.78 is 26.3. The van der Waals surface area contributed by atoms with Crippen molar-refractivity contribution in [2.75, 3.05) is 6.54 Å². The molecule has 0 saturated heterocycles. The summed E-state index contributed by atoms with van der Waals surface area (Å²) in [5, 5.41) is 2.90. The van der Waals surface area contributed by atoms with E-state index in [2.05, 4.69) is 15.0 Å². The molecule has 0 atom stereocenters. The molecule has 1 aliphatic rings. The minimum Gasteiger partial charge on any atom is -0.352 e. The molecule has 0 radical (unpaired) electrons. The smallest absolute Gasteiger partial charge is 0.242 e. The lowest BCUT2D eigenvalue weighted by Crippen LogP contribution is -2.42. The maximum atomic E-state index is 12.1. The second-order valence-corrected chi connectivity index (χ2v) is 7.70.